The third-order valence-electron chi connectivity index (χ3n) is 2.97. The Kier molecular flexibility index (Phi) is 6.17. The van der Waals surface area contributed by atoms with E-state index in [0.29, 0.717) is 12.6 Å². The van der Waals surface area contributed by atoms with Crippen molar-refractivity contribution in [3.8, 4) is 0 Å². The van der Waals surface area contributed by atoms with Crippen molar-refractivity contribution in [1.82, 2.24) is 4.90 Å². The van der Waals surface area contributed by atoms with Crippen LogP contribution in [-0.2, 0) is 13.1 Å². The molecule has 0 aliphatic heterocycles. The first kappa shape index (κ1) is 14.7. The second-order valence-electron chi connectivity index (χ2n) is 4.69. The molecule has 0 fully saturated rings. The van der Waals surface area contributed by atoms with Gasteiger partial charge in [-0.15, -0.1) is 0 Å². The Morgan fingerprint density at radius 3 is 2.53 bits per heavy atom. The van der Waals surface area contributed by atoms with Crippen molar-refractivity contribution in [2.45, 2.75) is 46.3 Å². The molecule has 0 saturated carbocycles. The summed E-state index contributed by atoms with van der Waals surface area (Å²) >= 11 is 3.63. The van der Waals surface area contributed by atoms with Gasteiger partial charge in [-0.3, -0.25) is 4.90 Å². The molecular weight excluding hydrogens is 276 g/mol. The summed E-state index contributed by atoms with van der Waals surface area (Å²) in [7, 11) is 0. The predicted molar refractivity (Wildman–Crippen MR) is 77.9 cm³/mol. The molecule has 0 radical (unpaired) electrons. The highest BCUT2D eigenvalue weighted by Crippen LogP contribution is 2.21. The average Bonchev–Trinajstić information content (AvgIpc) is 2.30. The maximum absolute atomic E-state index is 5.63. The van der Waals surface area contributed by atoms with Crippen LogP contribution in [0, 0.1) is 0 Å². The second-order valence-corrected chi connectivity index (χ2v) is 5.55. The molecule has 0 bridgehead atoms. The zero-order valence-electron chi connectivity index (χ0n) is 11.0. The van der Waals surface area contributed by atoms with Gasteiger partial charge < -0.3 is 5.73 Å². The lowest BCUT2D eigenvalue weighted by Gasteiger charge is -2.26. The number of hydrogen-bond donors (Lipinski definition) is 1. The molecule has 0 amide bonds. The van der Waals surface area contributed by atoms with E-state index in [0.717, 1.165) is 13.1 Å². The van der Waals surface area contributed by atoms with Gasteiger partial charge in [0.1, 0.15) is 0 Å². The highest BCUT2D eigenvalue weighted by molar-refractivity contribution is 9.10. The van der Waals surface area contributed by atoms with Crippen molar-refractivity contribution in [2.24, 2.45) is 5.73 Å². The fraction of sp³-hybridized carbons (Fsp3) is 0.571. The Bertz CT molecular complexity index is 350. The number of halogens is 1. The standard InChI is InChI=1S/C14H23BrN2/c1-4-7-17(11(2)3)10-13-6-5-12(9-16)8-14(13)15/h5-6,8,11H,4,7,9-10,16H2,1-3H3. The zero-order chi connectivity index (χ0) is 12.8. The summed E-state index contributed by atoms with van der Waals surface area (Å²) in [5, 5.41) is 0. The van der Waals surface area contributed by atoms with Gasteiger partial charge in [-0.25, -0.2) is 0 Å². The van der Waals surface area contributed by atoms with Crippen LogP contribution in [0.1, 0.15) is 38.3 Å². The Balaban J connectivity index is 2.78. The molecule has 0 unspecified atom stereocenters. The van der Waals surface area contributed by atoms with Crippen molar-refractivity contribution in [3.63, 3.8) is 0 Å². The van der Waals surface area contributed by atoms with Crippen molar-refractivity contribution in [3.05, 3.63) is 33.8 Å². The van der Waals surface area contributed by atoms with Crippen LogP contribution in [0.4, 0.5) is 0 Å². The van der Waals surface area contributed by atoms with Crippen molar-refractivity contribution in [2.75, 3.05) is 6.54 Å². The predicted octanol–water partition coefficient (Wildman–Crippen LogP) is 3.53. The van der Waals surface area contributed by atoms with Gasteiger partial charge in [0.05, 0.1) is 0 Å². The second kappa shape index (κ2) is 7.14. The van der Waals surface area contributed by atoms with E-state index in [-0.39, 0.29) is 0 Å². The van der Waals surface area contributed by atoms with Crippen LogP contribution in [0.3, 0.4) is 0 Å². The van der Waals surface area contributed by atoms with Gasteiger partial charge in [-0.2, -0.15) is 0 Å². The van der Waals surface area contributed by atoms with E-state index in [9.17, 15) is 0 Å². The SMILES string of the molecule is CCCN(Cc1ccc(CN)cc1Br)C(C)C. The van der Waals surface area contributed by atoms with E-state index >= 15 is 0 Å². The molecule has 3 heteroatoms. The van der Waals surface area contributed by atoms with Crippen LogP contribution in [0.15, 0.2) is 22.7 Å². The monoisotopic (exact) mass is 298 g/mol. The van der Waals surface area contributed by atoms with Crippen molar-refractivity contribution >= 4 is 15.9 Å². The normalized spacial score (nSPS) is 11.5. The number of hydrogen-bond acceptors (Lipinski definition) is 2. The molecule has 1 aromatic rings. The van der Waals surface area contributed by atoms with Gasteiger partial charge in [0, 0.05) is 23.6 Å². The maximum Gasteiger partial charge on any atom is 0.0247 e. The molecule has 0 heterocycles. The third kappa shape index (κ3) is 4.41. The van der Waals surface area contributed by atoms with Gasteiger partial charge in [0.15, 0.2) is 0 Å². The van der Waals surface area contributed by atoms with Crippen LogP contribution < -0.4 is 5.73 Å². The van der Waals surface area contributed by atoms with Gasteiger partial charge in [0.25, 0.3) is 0 Å². The minimum atomic E-state index is 0.580. The van der Waals surface area contributed by atoms with E-state index in [1.54, 1.807) is 0 Å². The molecule has 96 valence electrons. The number of nitrogens with two attached hydrogens (primary N) is 1. The van der Waals surface area contributed by atoms with Gasteiger partial charge in [-0.05, 0) is 44.0 Å². The van der Waals surface area contributed by atoms with Crippen LogP contribution >= 0.6 is 15.9 Å². The minimum absolute atomic E-state index is 0.580. The van der Waals surface area contributed by atoms with E-state index in [2.05, 4.69) is 59.8 Å². The van der Waals surface area contributed by atoms with E-state index in [1.165, 1.54) is 22.0 Å². The summed E-state index contributed by atoms with van der Waals surface area (Å²) in [6.07, 6.45) is 1.19. The highest BCUT2D eigenvalue weighted by Gasteiger charge is 2.11. The van der Waals surface area contributed by atoms with E-state index < -0.39 is 0 Å². The van der Waals surface area contributed by atoms with Gasteiger partial charge in [0.2, 0.25) is 0 Å². The molecule has 0 saturated heterocycles. The number of nitrogens with zero attached hydrogens (tertiary/aromatic N) is 1. The average molecular weight is 299 g/mol. The van der Waals surface area contributed by atoms with Gasteiger partial charge in [-0.1, -0.05) is 35.0 Å². The molecule has 0 aliphatic rings. The van der Waals surface area contributed by atoms with E-state index in [1.807, 2.05) is 0 Å². The summed E-state index contributed by atoms with van der Waals surface area (Å²) < 4.78 is 1.17. The molecule has 0 atom stereocenters. The Labute approximate surface area is 113 Å². The lowest BCUT2D eigenvalue weighted by molar-refractivity contribution is 0.213. The van der Waals surface area contributed by atoms with Crippen LogP contribution in [0.5, 0.6) is 0 Å². The Morgan fingerprint density at radius 2 is 2.06 bits per heavy atom. The first-order valence-corrected chi connectivity index (χ1v) is 7.09. The lowest BCUT2D eigenvalue weighted by atomic mass is 10.1. The van der Waals surface area contributed by atoms with Crippen LogP contribution in [0.2, 0.25) is 0 Å². The van der Waals surface area contributed by atoms with Crippen LogP contribution in [-0.4, -0.2) is 17.5 Å². The molecule has 17 heavy (non-hydrogen) atoms. The smallest absolute Gasteiger partial charge is 0.0247 e. The number of rotatable bonds is 6. The van der Waals surface area contributed by atoms with E-state index in [4.69, 9.17) is 5.73 Å². The molecule has 0 aromatic heterocycles. The highest BCUT2D eigenvalue weighted by atomic mass is 79.9. The third-order valence-corrected chi connectivity index (χ3v) is 3.71. The fourth-order valence-corrected chi connectivity index (χ4v) is 2.42. The molecule has 1 aromatic carbocycles. The summed E-state index contributed by atoms with van der Waals surface area (Å²) in [5.74, 6) is 0. The molecule has 0 aliphatic carbocycles. The zero-order valence-corrected chi connectivity index (χ0v) is 12.6. The van der Waals surface area contributed by atoms with Crippen molar-refractivity contribution < 1.29 is 0 Å². The summed E-state index contributed by atoms with van der Waals surface area (Å²) in [4.78, 5) is 2.49. The molecule has 2 nitrogen and oxygen atoms in total. The number of benzene rings is 1. The molecule has 2 N–H and O–H groups in total. The fourth-order valence-electron chi connectivity index (χ4n) is 1.87. The molecule has 0 spiro atoms. The van der Waals surface area contributed by atoms with Crippen LogP contribution in [0.25, 0.3) is 0 Å². The summed E-state index contributed by atoms with van der Waals surface area (Å²) in [5.41, 5.74) is 8.15. The van der Waals surface area contributed by atoms with Gasteiger partial charge >= 0.3 is 0 Å². The van der Waals surface area contributed by atoms with Crippen molar-refractivity contribution in [1.29, 1.82) is 0 Å². The summed E-state index contributed by atoms with van der Waals surface area (Å²) in [6, 6.07) is 7.00. The largest absolute Gasteiger partial charge is 0.326 e. The lowest BCUT2D eigenvalue weighted by Crippen LogP contribution is -2.31. The molecular formula is C14H23BrN2. The molecule has 1 rings (SSSR count). The summed E-state index contributed by atoms with van der Waals surface area (Å²) in [6.45, 7) is 9.46. The quantitative estimate of drug-likeness (QED) is 0.870. The Morgan fingerprint density at radius 1 is 1.35 bits per heavy atom. The topological polar surface area (TPSA) is 29.3 Å². The Hall–Kier alpha value is -0.380. The first-order valence-electron chi connectivity index (χ1n) is 6.29. The minimum Gasteiger partial charge on any atom is -0.326 e. The maximum atomic E-state index is 5.63. The first-order chi connectivity index (χ1) is 8.08.